The van der Waals surface area contributed by atoms with E-state index in [-0.39, 0.29) is 38.9 Å². The smallest absolute Gasteiger partial charge is 0.309 e. The van der Waals surface area contributed by atoms with Gasteiger partial charge in [-0.05, 0) is 6.42 Å². The zero-order valence-electron chi connectivity index (χ0n) is 7.60. The molecule has 0 aliphatic rings. The van der Waals surface area contributed by atoms with E-state index >= 15 is 0 Å². The Hall–Kier alpha value is -1.59. The molecule has 0 radical (unpaired) electrons. The minimum atomic E-state index is -0.926. The fraction of sp³-hybridized carbons (Fsp3) is 0.625. The molecule has 80 valence electrons. The Morgan fingerprint density at radius 2 is 1.93 bits per heavy atom. The van der Waals surface area contributed by atoms with Crippen LogP contribution in [-0.4, -0.2) is 36.7 Å². The highest BCUT2D eigenvalue weighted by atomic mass is 16.5. The molecule has 1 N–H and O–H groups in total. The molecule has 0 aromatic rings. The predicted octanol–water partition coefficient (Wildman–Crippen LogP) is -0.0425. The molecule has 0 aliphatic carbocycles. The van der Waals surface area contributed by atoms with Crippen LogP contribution in [0.4, 0.5) is 0 Å². The Labute approximate surface area is 80.8 Å². The maximum atomic E-state index is 10.8. The first-order valence-electron chi connectivity index (χ1n) is 4.09. The normalized spacial score (nSPS) is 9.14. The number of carbonyl (C=O) groups is 3. The second kappa shape index (κ2) is 8.03. The molecular weight excluding hydrogens is 192 g/mol. The number of hydrogen-bond donors (Lipinski definition) is 1. The Bertz CT molecular complexity index is 200. The van der Waals surface area contributed by atoms with Crippen LogP contribution >= 0.6 is 0 Å². The summed E-state index contributed by atoms with van der Waals surface area (Å²) in [5.74, 6) is -1.43. The van der Waals surface area contributed by atoms with Crippen LogP contribution in [0.5, 0.6) is 0 Å². The van der Waals surface area contributed by atoms with Gasteiger partial charge in [0.2, 0.25) is 0 Å². The summed E-state index contributed by atoms with van der Waals surface area (Å²) in [6.45, 7) is 0.311. The molecule has 0 amide bonds. The zero-order valence-corrected chi connectivity index (χ0v) is 7.60. The van der Waals surface area contributed by atoms with Crippen LogP contribution in [0.3, 0.4) is 0 Å². The first-order valence-corrected chi connectivity index (χ1v) is 4.09. The van der Waals surface area contributed by atoms with E-state index in [9.17, 15) is 14.4 Å². The van der Waals surface area contributed by atoms with Crippen LogP contribution in [-0.2, 0) is 23.9 Å². The van der Waals surface area contributed by atoms with Crippen LogP contribution in [0.15, 0.2) is 0 Å². The lowest BCUT2D eigenvalue weighted by atomic mass is 10.3. The van der Waals surface area contributed by atoms with Crippen molar-refractivity contribution in [1.82, 2.24) is 0 Å². The minimum Gasteiger partial charge on any atom is -0.481 e. The average Bonchev–Trinajstić information content (AvgIpc) is 2.13. The highest BCUT2D eigenvalue weighted by Gasteiger charge is 2.03. The van der Waals surface area contributed by atoms with Crippen LogP contribution < -0.4 is 0 Å². The second-order valence-corrected chi connectivity index (χ2v) is 2.43. The zero-order chi connectivity index (χ0) is 10.8. The third-order valence-electron chi connectivity index (χ3n) is 1.29. The first kappa shape index (κ1) is 12.4. The summed E-state index contributed by atoms with van der Waals surface area (Å²) in [5.41, 5.74) is 0. The monoisotopic (exact) mass is 204 g/mol. The summed E-state index contributed by atoms with van der Waals surface area (Å²) in [7, 11) is 0. The fourth-order valence-corrected chi connectivity index (χ4v) is 0.672. The van der Waals surface area contributed by atoms with Crippen molar-refractivity contribution in [3.63, 3.8) is 0 Å². The number of carboxylic acid groups (broad SMARTS) is 1. The van der Waals surface area contributed by atoms with Crippen molar-refractivity contribution in [2.45, 2.75) is 19.3 Å². The van der Waals surface area contributed by atoms with E-state index in [0.29, 0.717) is 0 Å². The van der Waals surface area contributed by atoms with Crippen molar-refractivity contribution in [3.8, 4) is 0 Å². The number of rotatable bonds is 8. The SMILES string of the molecule is O=COCCC(=O)OCCCC(=O)O. The van der Waals surface area contributed by atoms with Gasteiger partial charge in [-0.3, -0.25) is 14.4 Å². The summed E-state index contributed by atoms with van der Waals surface area (Å²) in [4.78, 5) is 30.5. The molecular formula is C8H12O6. The molecule has 0 aromatic carbocycles. The fourth-order valence-electron chi connectivity index (χ4n) is 0.672. The second-order valence-electron chi connectivity index (χ2n) is 2.43. The molecule has 0 unspecified atom stereocenters. The molecule has 6 nitrogen and oxygen atoms in total. The van der Waals surface area contributed by atoms with Crippen LogP contribution in [0.25, 0.3) is 0 Å². The van der Waals surface area contributed by atoms with Gasteiger partial charge >= 0.3 is 11.9 Å². The van der Waals surface area contributed by atoms with Gasteiger partial charge in [0.25, 0.3) is 6.47 Å². The van der Waals surface area contributed by atoms with Crippen molar-refractivity contribution in [2.24, 2.45) is 0 Å². The van der Waals surface area contributed by atoms with Crippen LogP contribution in [0, 0.1) is 0 Å². The van der Waals surface area contributed by atoms with E-state index in [1.54, 1.807) is 0 Å². The van der Waals surface area contributed by atoms with E-state index in [1.807, 2.05) is 0 Å². The van der Waals surface area contributed by atoms with E-state index in [1.165, 1.54) is 0 Å². The van der Waals surface area contributed by atoms with Gasteiger partial charge in [-0.1, -0.05) is 0 Å². The topological polar surface area (TPSA) is 89.9 Å². The van der Waals surface area contributed by atoms with Crippen LogP contribution in [0.1, 0.15) is 19.3 Å². The molecule has 0 bridgehead atoms. The quantitative estimate of drug-likeness (QED) is 0.339. The Balaban J connectivity index is 3.26. The molecule has 0 fully saturated rings. The maximum absolute atomic E-state index is 10.8. The minimum absolute atomic E-state index is 0.00812. The standard InChI is InChI=1S/C8H12O6/c9-6-13-5-3-8(12)14-4-1-2-7(10)11/h6H,1-5H2,(H,10,11). The summed E-state index contributed by atoms with van der Waals surface area (Å²) in [6, 6.07) is 0. The Morgan fingerprint density at radius 1 is 1.21 bits per heavy atom. The molecule has 14 heavy (non-hydrogen) atoms. The van der Waals surface area contributed by atoms with Crippen molar-refractivity contribution in [2.75, 3.05) is 13.2 Å². The van der Waals surface area contributed by atoms with Gasteiger partial charge in [0, 0.05) is 6.42 Å². The highest BCUT2D eigenvalue weighted by molar-refractivity contribution is 5.69. The molecule has 6 heteroatoms. The maximum Gasteiger partial charge on any atom is 0.309 e. The number of esters is 1. The van der Waals surface area contributed by atoms with Gasteiger partial charge < -0.3 is 14.6 Å². The van der Waals surface area contributed by atoms with Crippen molar-refractivity contribution >= 4 is 18.4 Å². The molecule has 0 saturated carbocycles. The predicted molar refractivity (Wildman–Crippen MR) is 44.5 cm³/mol. The van der Waals surface area contributed by atoms with E-state index in [4.69, 9.17) is 5.11 Å². The molecule has 0 spiro atoms. The lowest BCUT2D eigenvalue weighted by molar-refractivity contribution is -0.147. The number of carbonyl (C=O) groups excluding carboxylic acids is 2. The molecule has 0 rings (SSSR count). The highest BCUT2D eigenvalue weighted by Crippen LogP contribution is 1.93. The van der Waals surface area contributed by atoms with E-state index < -0.39 is 11.9 Å². The average molecular weight is 204 g/mol. The number of hydrogen-bond acceptors (Lipinski definition) is 5. The number of ether oxygens (including phenoxy) is 2. The summed E-state index contributed by atoms with van der Waals surface area (Å²) in [5, 5.41) is 8.25. The van der Waals surface area contributed by atoms with Gasteiger partial charge in [0.1, 0.15) is 6.61 Å². The lowest BCUT2D eigenvalue weighted by Gasteiger charge is -2.02. The number of aliphatic carboxylic acids is 1. The summed E-state index contributed by atoms with van der Waals surface area (Å²) in [6.07, 6.45) is 0.250. The number of carboxylic acids is 1. The largest absolute Gasteiger partial charge is 0.481 e. The first-order chi connectivity index (χ1) is 6.66. The third kappa shape index (κ3) is 8.51. The molecule has 0 saturated heterocycles. The van der Waals surface area contributed by atoms with Crippen molar-refractivity contribution in [3.05, 3.63) is 0 Å². The molecule has 0 aromatic heterocycles. The van der Waals surface area contributed by atoms with E-state index in [0.717, 1.165) is 0 Å². The lowest BCUT2D eigenvalue weighted by Crippen LogP contribution is -2.09. The van der Waals surface area contributed by atoms with Crippen molar-refractivity contribution in [1.29, 1.82) is 0 Å². The molecule has 0 heterocycles. The van der Waals surface area contributed by atoms with Gasteiger partial charge in [-0.2, -0.15) is 0 Å². The van der Waals surface area contributed by atoms with Gasteiger partial charge in [0.15, 0.2) is 0 Å². The van der Waals surface area contributed by atoms with E-state index in [2.05, 4.69) is 9.47 Å². The van der Waals surface area contributed by atoms with Gasteiger partial charge in [-0.25, -0.2) is 0 Å². The Morgan fingerprint density at radius 3 is 2.50 bits per heavy atom. The van der Waals surface area contributed by atoms with Crippen molar-refractivity contribution < 1.29 is 29.0 Å². The Kier molecular flexibility index (Phi) is 7.12. The van der Waals surface area contributed by atoms with Gasteiger partial charge in [-0.15, -0.1) is 0 Å². The summed E-state index contributed by atoms with van der Waals surface area (Å²) >= 11 is 0. The third-order valence-corrected chi connectivity index (χ3v) is 1.29. The van der Waals surface area contributed by atoms with Gasteiger partial charge in [0.05, 0.1) is 13.0 Å². The summed E-state index contributed by atoms with van der Waals surface area (Å²) < 4.78 is 8.91. The molecule has 0 atom stereocenters. The molecule has 0 aliphatic heterocycles. The van der Waals surface area contributed by atoms with Crippen LogP contribution in [0.2, 0.25) is 0 Å².